The second-order valence-electron chi connectivity index (χ2n) is 4.61. The van der Waals surface area contributed by atoms with E-state index in [1.807, 2.05) is 6.07 Å². The number of methoxy groups -OCH3 is 1. The second-order valence-corrected chi connectivity index (χ2v) is 4.61. The van der Waals surface area contributed by atoms with Gasteiger partial charge < -0.3 is 21.5 Å². The molecule has 110 valence electrons. The van der Waals surface area contributed by atoms with E-state index in [0.29, 0.717) is 12.0 Å². The highest BCUT2D eigenvalue weighted by atomic mass is 16.5. The van der Waals surface area contributed by atoms with Gasteiger partial charge in [-0.15, -0.1) is 0 Å². The van der Waals surface area contributed by atoms with E-state index in [4.69, 9.17) is 16.2 Å². The van der Waals surface area contributed by atoms with Crippen molar-refractivity contribution in [1.29, 1.82) is 0 Å². The molecule has 0 radical (unpaired) electrons. The summed E-state index contributed by atoms with van der Waals surface area (Å²) in [5.74, 6) is -1.02. The van der Waals surface area contributed by atoms with Gasteiger partial charge in [0.1, 0.15) is 5.54 Å². The van der Waals surface area contributed by atoms with Crippen molar-refractivity contribution in [3.63, 3.8) is 0 Å². The molecule has 20 heavy (non-hydrogen) atoms. The summed E-state index contributed by atoms with van der Waals surface area (Å²) in [6.07, 6.45) is 0.588. The van der Waals surface area contributed by atoms with Gasteiger partial charge in [0, 0.05) is 0 Å². The Morgan fingerprint density at radius 3 is 2.40 bits per heavy atom. The molecule has 5 N–H and O–H groups in total. The van der Waals surface area contributed by atoms with Gasteiger partial charge in [-0.3, -0.25) is 4.79 Å². The predicted molar refractivity (Wildman–Crippen MR) is 75.6 cm³/mol. The van der Waals surface area contributed by atoms with E-state index in [0.717, 1.165) is 0 Å². The predicted octanol–water partition coefficient (Wildman–Crippen LogP) is -0.133. The number of carbonyl (C=O) groups is 2. The quantitative estimate of drug-likeness (QED) is 0.602. The molecular weight excluding hydrogens is 258 g/mol. The number of amides is 1. The van der Waals surface area contributed by atoms with Crippen LogP contribution in [0.5, 0.6) is 0 Å². The van der Waals surface area contributed by atoms with E-state index in [2.05, 4.69) is 5.32 Å². The van der Waals surface area contributed by atoms with E-state index in [-0.39, 0.29) is 6.42 Å². The summed E-state index contributed by atoms with van der Waals surface area (Å²) in [6, 6.07) is 8.41. The van der Waals surface area contributed by atoms with Crippen molar-refractivity contribution in [2.24, 2.45) is 11.5 Å². The van der Waals surface area contributed by atoms with Crippen LogP contribution in [0.3, 0.4) is 0 Å². The summed E-state index contributed by atoms with van der Waals surface area (Å²) in [5, 5.41) is 2.80. The normalized spacial score (nSPS) is 15.2. The Morgan fingerprint density at radius 2 is 1.95 bits per heavy atom. The standard InChI is InChI=1S/C14H21N3O3/c1-17-11(12(15)18)8-9-14(16,13(19)20-2)10-6-4-3-5-7-10/h3-7,11,17H,8-9,16H2,1-2H3,(H2,15,18). The maximum absolute atomic E-state index is 12.0. The number of primary amides is 1. The number of hydrogen-bond acceptors (Lipinski definition) is 5. The molecule has 0 aliphatic rings. The molecule has 1 aromatic carbocycles. The Balaban J connectivity index is 2.96. The highest BCUT2D eigenvalue weighted by Gasteiger charge is 2.37. The Kier molecular flexibility index (Phi) is 5.66. The Labute approximate surface area is 118 Å². The fourth-order valence-corrected chi connectivity index (χ4v) is 2.08. The van der Waals surface area contributed by atoms with Gasteiger partial charge in [-0.05, 0) is 25.5 Å². The molecule has 0 aromatic heterocycles. The number of nitrogens with two attached hydrogens (primary N) is 2. The average Bonchev–Trinajstić information content (AvgIpc) is 2.47. The number of benzene rings is 1. The molecule has 6 heteroatoms. The molecule has 0 spiro atoms. The molecule has 1 rings (SSSR count). The van der Waals surface area contributed by atoms with Crippen LogP contribution in [0.15, 0.2) is 30.3 Å². The van der Waals surface area contributed by atoms with Crippen LogP contribution in [0.2, 0.25) is 0 Å². The van der Waals surface area contributed by atoms with Crippen molar-refractivity contribution in [2.75, 3.05) is 14.2 Å². The zero-order valence-electron chi connectivity index (χ0n) is 11.8. The third kappa shape index (κ3) is 3.55. The first kappa shape index (κ1) is 16.1. The number of nitrogens with one attached hydrogen (secondary N) is 1. The SMILES string of the molecule is CNC(CCC(N)(C(=O)OC)c1ccccc1)C(N)=O. The summed E-state index contributed by atoms with van der Waals surface area (Å²) in [4.78, 5) is 23.2. The molecule has 2 unspecified atom stereocenters. The largest absolute Gasteiger partial charge is 0.467 e. The Hall–Kier alpha value is -1.92. The van der Waals surface area contributed by atoms with Gasteiger partial charge >= 0.3 is 5.97 Å². The number of carbonyl (C=O) groups excluding carboxylic acids is 2. The number of ether oxygens (including phenoxy) is 1. The lowest BCUT2D eigenvalue weighted by molar-refractivity contribution is -0.148. The first-order valence-corrected chi connectivity index (χ1v) is 6.35. The average molecular weight is 279 g/mol. The number of rotatable bonds is 7. The van der Waals surface area contributed by atoms with Crippen LogP contribution in [0.1, 0.15) is 18.4 Å². The molecule has 6 nitrogen and oxygen atoms in total. The van der Waals surface area contributed by atoms with Gasteiger partial charge in [-0.2, -0.15) is 0 Å². The zero-order chi connectivity index (χ0) is 15.2. The monoisotopic (exact) mass is 279 g/mol. The van der Waals surface area contributed by atoms with Gasteiger partial charge in [0.2, 0.25) is 5.91 Å². The fraction of sp³-hybridized carbons (Fsp3) is 0.429. The van der Waals surface area contributed by atoms with Crippen LogP contribution in [-0.2, 0) is 19.9 Å². The molecular formula is C14H21N3O3. The van der Waals surface area contributed by atoms with Crippen molar-refractivity contribution in [3.8, 4) is 0 Å². The summed E-state index contributed by atoms with van der Waals surface area (Å²) >= 11 is 0. The van der Waals surface area contributed by atoms with Crippen molar-refractivity contribution in [1.82, 2.24) is 5.32 Å². The van der Waals surface area contributed by atoms with E-state index < -0.39 is 23.5 Å². The van der Waals surface area contributed by atoms with Gasteiger partial charge in [0.05, 0.1) is 13.2 Å². The van der Waals surface area contributed by atoms with Crippen molar-refractivity contribution in [3.05, 3.63) is 35.9 Å². The maximum atomic E-state index is 12.0. The summed E-state index contributed by atoms with van der Waals surface area (Å²) in [6.45, 7) is 0. The zero-order valence-corrected chi connectivity index (χ0v) is 11.8. The molecule has 1 aromatic rings. The molecule has 0 fully saturated rings. The third-order valence-electron chi connectivity index (χ3n) is 3.36. The minimum atomic E-state index is -1.29. The molecule has 0 saturated heterocycles. The third-order valence-corrected chi connectivity index (χ3v) is 3.36. The van der Waals surface area contributed by atoms with Crippen molar-refractivity contribution in [2.45, 2.75) is 24.4 Å². The Morgan fingerprint density at radius 1 is 1.35 bits per heavy atom. The Bertz CT molecular complexity index is 464. The molecule has 1 amide bonds. The number of likely N-dealkylation sites (N-methyl/N-ethyl adjacent to an activating group) is 1. The number of esters is 1. The highest BCUT2D eigenvalue weighted by molar-refractivity contribution is 5.83. The molecule has 2 atom stereocenters. The molecule has 0 heterocycles. The van der Waals surface area contributed by atoms with Crippen molar-refractivity contribution >= 4 is 11.9 Å². The number of hydrogen-bond donors (Lipinski definition) is 3. The van der Waals surface area contributed by atoms with E-state index in [1.165, 1.54) is 7.11 Å². The smallest absolute Gasteiger partial charge is 0.330 e. The van der Waals surface area contributed by atoms with Crippen LogP contribution in [0.25, 0.3) is 0 Å². The summed E-state index contributed by atoms with van der Waals surface area (Å²) in [7, 11) is 2.92. The van der Waals surface area contributed by atoms with Crippen LogP contribution in [-0.4, -0.2) is 32.1 Å². The minimum Gasteiger partial charge on any atom is -0.467 e. The highest BCUT2D eigenvalue weighted by Crippen LogP contribution is 2.26. The molecule has 0 aliphatic carbocycles. The first-order chi connectivity index (χ1) is 9.45. The van der Waals surface area contributed by atoms with Crippen LogP contribution >= 0.6 is 0 Å². The van der Waals surface area contributed by atoms with E-state index >= 15 is 0 Å². The lowest BCUT2D eigenvalue weighted by Gasteiger charge is -2.28. The van der Waals surface area contributed by atoms with Crippen LogP contribution in [0, 0.1) is 0 Å². The molecule has 0 bridgehead atoms. The van der Waals surface area contributed by atoms with Gasteiger partial charge in [-0.25, -0.2) is 4.79 Å². The van der Waals surface area contributed by atoms with Gasteiger partial charge in [0.25, 0.3) is 0 Å². The first-order valence-electron chi connectivity index (χ1n) is 6.35. The van der Waals surface area contributed by atoms with Gasteiger partial charge in [0.15, 0.2) is 0 Å². The lowest BCUT2D eigenvalue weighted by Crippen LogP contribution is -2.48. The second kappa shape index (κ2) is 7.02. The minimum absolute atomic E-state index is 0.248. The summed E-state index contributed by atoms with van der Waals surface area (Å²) in [5.41, 5.74) is 10.8. The summed E-state index contributed by atoms with van der Waals surface area (Å²) < 4.78 is 4.80. The fourth-order valence-electron chi connectivity index (χ4n) is 2.08. The van der Waals surface area contributed by atoms with Crippen LogP contribution < -0.4 is 16.8 Å². The topological polar surface area (TPSA) is 107 Å². The maximum Gasteiger partial charge on any atom is 0.330 e. The lowest BCUT2D eigenvalue weighted by atomic mass is 9.85. The van der Waals surface area contributed by atoms with Gasteiger partial charge in [-0.1, -0.05) is 30.3 Å². The molecule has 0 aliphatic heterocycles. The van der Waals surface area contributed by atoms with Crippen molar-refractivity contribution < 1.29 is 14.3 Å². The van der Waals surface area contributed by atoms with E-state index in [9.17, 15) is 9.59 Å². The molecule has 0 saturated carbocycles. The van der Waals surface area contributed by atoms with E-state index in [1.54, 1.807) is 31.3 Å². The van der Waals surface area contributed by atoms with Crippen LogP contribution in [0.4, 0.5) is 0 Å².